The molecule has 0 amide bonds. The van der Waals surface area contributed by atoms with Gasteiger partial charge in [0.2, 0.25) is 0 Å². The molecule has 84 valence electrons. The van der Waals surface area contributed by atoms with Crippen LogP contribution in [0, 0.1) is 0 Å². The first-order valence-corrected chi connectivity index (χ1v) is 6.08. The zero-order chi connectivity index (χ0) is 11.5. The van der Waals surface area contributed by atoms with Gasteiger partial charge in [-0.25, -0.2) is 0 Å². The molecule has 1 aromatic carbocycles. The highest BCUT2D eigenvalue weighted by molar-refractivity contribution is 6.00. The van der Waals surface area contributed by atoms with Crippen LogP contribution in [0.4, 0.5) is 0 Å². The molecule has 1 aliphatic carbocycles. The average Bonchev–Trinajstić information content (AvgIpc) is 2.66. The predicted molar refractivity (Wildman–Crippen MR) is 66.4 cm³/mol. The summed E-state index contributed by atoms with van der Waals surface area (Å²) in [7, 11) is 0. The van der Waals surface area contributed by atoms with Gasteiger partial charge in [0.15, 0.2) is 5.78 Å². The Hall–Kier alpha value is -1.37. The van der Waals surface area contributed by atoms with Gasteiger partial charge in [0.1, 0.15) is 0 Å². The van der Waals surface area contributed by atoms with Gasteiger partial charge in [0.25, 0.3) is 0 Å². The zero-order valence-corrected chi connectivity index (χ0v) is 9.99. The van der Waals surface area contributed by atoms with Crippen molar-refractivity contribution >= 4 is 5.78 Å². The minimum atomic E-state index is 0.341. The second-order valence-electron chi connectivity index (χ2n) is 4.30. The normalized spacial score (nSPS) is 20.6. The predicted octanol–water partition coefficient (Wildman–Crippen LogP) is 3.86. The van der Waals surface area contributed by atoms with E-state index in [1.165, 1.54) is 11.1 Å². The van der Waals surface area contributed by atoms with E-state index in [2.05, 4.69) is 38.1 Å². The maximum atomic E-state index is 11.9. The lowest BCUT2D eigenvalue weighted by molar-refractivity contribution is -0.115. The smallest absolute Gasteiger partial charge is 0.159 e. The van der Waals surface area contributed by atoms with E-state index in [0.717, 1.165) is 18.4 Å². The summed E-state index contributed by atoms with van der Waals surface area (Å²) < 4.78 is 0. The van der Waals surface area contributed by atoms with Crippen LogP contribution < -0.4 is 0 Å². The van der Waals surface area contributed by atoms with Crippen molar-refractivity contribution in [3.05, 3.63) is 47.0 Å². The summed E-state index contributed by atoms with van der Waals surface area (Å²) in [5.41, 5.74) is 3.73. The maximum absolute atomic E-state index is 11.9. The Labute approximate surface area is 97.2 Å². The highest BCUT2D eigenvalue weighted by Gasteiger charge is 2.30. The summed E-state index contributed by atoms with van der Waals surface area (Å²) in [5.74, 6) is 0.696. The second-order valence-corrected chi connectivity index (χ2v) is 4.30. The minimum Gasteiger partial charge on any atom is -0.295 e. The van der Waals surface area contributed by atoms with E-state index in [-0.39, 0.29) is 0 Å². The molecular formula is C15H18O. The summed E-state index contributed by atoms with van der Waals surface area (Å²) in [6.45, 7) is 4.23. The van der Waals surface area contributed by atoms with Crippen LogP contribution in [0.1, 0.15) is 44.6 Å². The maximum Gasteiger partial charge on any atom is 0.159 e. The lowest BCUT2D eigenvalue weighted by atomic mass is 9.90. The molecule has 0 bridgehead atoms. The molecule has 16 heavy (non-hydrogen) atoms. The molecule has 2 rings (SSSR count). The van der Waals surface area contributed by atoms with E-state index < -0.39 is 0 Å². The largest absolute Gasteiger partial charge is 0.295 e. The van der Waals surface area contributed by atoms with Crippen LogP contribution in [0.5, 0.6) is 0 Å². The fraction of sp³-hybridized carbons (Fsp3) is 0.400. The summed E-state index contributed by atoms with van der Waals surface area (Å²) >= 11 is 0. The molecule has 1 unspecified atom stereocenters. The number of rotatable bonds is 3. The minimum absolute atomic E-state index is 0.341. The van der Waals surface area contributed by atoms with Crippen LogP contribution in [0.25, 0.3) is 0 Å². The molecular weight excluding hydrogens is 196 g/mol. The van der Waals surface area contributed by atoms with Gasteiger partial charge in [-0.3, -0.25) is 4.79 Å². The van der Waals surface area contributed by atoms with E-state index in [1.807, 2.05) is 6.07 Å². The molecule has 1 aromatic rings. The number of ketones is 1. The number of benzene rings is 1. The molecule has 0 radical (unpaired) electrons. The van der Waals surface area contributed by atoms with Crippen LogP contribution in [0.2, 0.25) is 0 Å². The van der Waals surface area contributed by atoms with Crippen molar-refractivity contribution in [2.24, 2.45) is 0 Å². The first-order valence-electron chi connectivity index (χ1n) is 6.08. The first kappa shape index (κ1) is 11.1. The summed E-state index contributed by atoms with van der Waals surface area (Å²) in [6, 6.07) is 10.4. The summed E-state index contributed by atoms with van der Waals surface area (Å²) in [4.78, 5) is 11.9. The van der Waals surface area contributed by atoms with Gasteiger partial charge in [0, 0.05) is 12.3 Å². The van der Waals surface area contributed by atoms with Gasteiger partial charge in [0.05, 0.1) is 0 Å². The first-order chi connectivity index (χ1) is 7.77. The van der Waals surface area contributed by atoms with Gasteiger partial charge >= 0.3 is 0 Å². The molecule has 1 heteroatoms. The van der Waals surface area contributed by atoms with Crippen LogP contribution in [-0.2, 0) is 4.79 Å². The zero-order valence-electron chi connectivity index (χ0n) is 9.99. The third-order valence-corrected chi connectivity index (χ3v) is 3.47. The molecule has 1 aliphatic rings. The topological polar surface area (TPSA) is 17.1 Å². The molecule has 0 spiro atoms. The van der Waals surface area contributed by atoms with Crippen molar-refractivity contribution in [1.29, 1.82) is 0 Å². The third-order valence-electron chi connectivity index (χ3n) is 3.47. The summed E-state index contributed by atoms with van der Waals surface area (Å²) in [5, 5.41) is 0. The van der Waals surface area contributed by atoms with E-state index in [9.17, 15) is 4.79 Å². The highest BCUT2D eigenvalue weighted by atomic mass is 16.1. The van der Waals surface area contributed by atoms with Crippen molar-refractivity contribution in [1.82, 2.24) is 0 Å². The molecule has 0 aliphatic heterocycles. The Kier molecular flexibility index (Phi) is 3.23. The Morgan fingerprint density at radius 3 is 2.38 bits per heavy atom. The van der Waals surface area contributed by atoms with E-state index >= 15 is 0 Å². The van der Waals surface area contributed by atoms with Gasteiger partial charge in [-0.2, -0.15) is 0 Å². The molecule has 0 saturated heterocycles. The fourth-order valence-electron chi connectivity index (χ4n) is 2.71. The Morgan fingerprint density at radius 1 is 1.12 bits per heavy atom. The Morgan fingerprint density at radius 2 is 1.81 bits per heavy atom. The average molecular weight is 214 g/mol. The van der Waals surface area contributed by atoms with Crippen LogP contribution >= 0.6 is 0 Å². The number of carbonyl (C=O) groups is 1. The molecule has 0 N–H and O–H groups in total. The standard InChI is InChI=1S/C15H18O/c1-3-12-13(4-2)15(16)10-14(12)11-8-6-5-7-9-11/h5-9,14H,3-4,10H2,1-2H3. The Bertz CT molecular complexity index is 414. The number of carbonyl (C=O) groups excluding carboxylic acids is 1. The van der Waals surface area contributed by atoms with Gasteiger partial charge in [-0.1, -0.05) is 49.8 Å². The van der Waals surface area contributed by atoms with Crippen molar-refractivity contribution in [3.8, 4) is 0 Å². The number of allylic oxidation sites excluding steroid dienone is 2. The Balaban J connectivity index is 2.38. The molecule has 0 heterocycles. The van der Waals surface area contributed by atoms with Gasteiger partial charge < -0.3 is 0 Å². The molecule has 1 nitrogen and oxygen atoms in total. The summed E-state index contributed by atoms with van der Waals surface area (Å²) in [6.07, 6.45) is 2.55. The van der Waals surface area contributed by atoms with Crippen molar-refractivity contribution in [2.45, 2.75) is 39.0 Å². The van der Waals surface area contributed by atoms with Crippen molar-refractivity contribution in [3.63, 3.8) is 0 Å². The van der Waals surface area contributed by atoms with E-state index in [4.69, 9.17) is 0 Å². The van der Waals surface area contributed by atoms with E-state index in [1.54, 1.807) is 0 Å². The highest BCUT2D eigenvalue weighted by Crippen LogP contribution is 2.39. The SMILES string of the molecule is CCC1=C(CC)C(c2ccccc2)CC1=O. The number of Topliss-reactive ketones (excluding diaryl/α,β-unsaturated/α-hetero) is 1. The van der Waals surface area contributed by atoms with Crippen molar-refractivity contribution in [2.75, 3.05) is 0 Å². The third kappa shape index (κ3) is 1.82. The van der Waals surface area contributed by atoms with Gasteiger partial charge in [-0.15, -0.1) is 0 Å². The molecule has 0 aromatic heterocycles. The molecule has 0 fully saturated rings. The second kappa shape index (κ2) is 4.65. The molecule has 0 saturated carbocycles. The van der Waals surface area contributed by atoms with Crippen LogP contribution in [0.3, 0.4) is 0 Å². The lowest BCUT2D eigenvalue weighted by Gasteiger charge is -2.13. The quantitative estimate of drug-likeness (QED) is 0.746. The number of hydrogen-bond acceptors (Lipinski definition) is 1. The lowest BCUT2D eigenvalue weighted by Crippen LogP contribution is -1.98. The van der Waals surface area contributed by atoms with Crippen molar-refractivity contribution < 1.29 is 4.79 Å². The molecule has 1 atom stereocenters. The van der Waals surface area contributed by atoms with E-state index in [0.29, 0.717) is 18.1 Å². The number of hydrogen-bond donors (Lipinski definition) is 0. The van der Waals surface area contributed by atoms with Crippen LogP contribution in [0.15, 0.2) is 41.5 Å². The fourth-order valence-corrected chi connectivity index (χ4v) is 2.71. The monoisotopic (exact) mass is 214 g/mol. The van der Waals surface area contributed by atoms with Crippen LogP contribution in [-0.4, -0.2) is 5.78 Å². The van der Waals surface area contributed by atoms with Gasteiger partial charge in [-0.05, 0) is 24.0 Å².